The fraction of sp³-hybridized carbons (Fsp3) is 0.750. The Bertz CT molecular complexity index is 495. The van der Waals surface area contributed by atoms with Crippen molar-refractivity contribution >= 4 is 5.91 Å². The lowest BCUT2D eigenvalue weighted by Gasteiger charge is -2.18. The third kappa shape index (κ3) is 3.87. The maximum Gasteiger partial charge on any atom is 0.222 e. The second-order valence-corrected chi connectivity index (χ2v) is 5.46. The summed E-state index contributed by atoms with van der Waals surface area (Å²) in [5.41, 5.74) is 3.43. The van der Waals surface area contributed by atoms with Crippen LogP contribution in [0.4, 0.5) is 0 Å². The van der Waals surface area contributed by atoms with E-state index in [-0.39, 0.29) is 5.91 Å². The Morgan fingerprint density at radius 2 is 2.18 bits per heavy atom. The van der Waals surface area contributed by atoms with Gasteiger partial charge in [0, 0.05) is 50.7 Å². The predicted molar refractivity (Wildman–Crippen MR) is 83.7 cm³/mol. The summed E-state index contributed by atoms with van der Waals surface area (Å²) >= 11 is 0. The Labute approximate surface area is 132 Å². The molecular formula is C16H27N3O3. The summed E-state index contributed by atoms with van der Waals surface area (Å²) in [5.74, 6) is 0.196. The molecule has 1 aromatic heterocycles. The summed E-state index contributed by atoms with van der Waals surface area (Å²) in [6, 6.07) is 0. The van der Waals surface area contributed by atoms with Gasteiger partial charge in [0.15, 0.2) is 0 Å². The van der Waals surface area contributed by atoms with Crippen LogP contribution in [0.25, 0.3) is 0 Å². The molecule has 1 amide bonds. The lowest BCUT2D eigenvalue weighted by Crippen LogP contribution is -2.30. The van der Waals surface area contributed by atoms with Gasteiger partial charge in [0.2, 0.25) is 5.91 Å². The van der Waals surface area contributed by atoms with E-state index in [1.165, 1.54) is 11.3 Å². The fourth-order valence-electron chi connectivity index (χ4n) is 2.90. The highest BCUT2D eigenvalue weighted by Gasteiger charge is 2.22. The number of hydrogen-bond acceptors (Lipinski definition) is 4. The zero-order valence-corrected chi connectivity index (χ0v) is 13.9. The molecule has 0 atom stereocenters. The van der Waals surface area contributed by atoms with Crippen molar-refractivity contribution in [3.05, 3.63) is 17.0 Å². The van der Waals surface area contributed by atoms with Crippen molar-refractivity contribution in [2.75, 3.05) is 33.4 Å². The Hall–Kier alpha value is -1.40. The van der Waals surface area contributed by atoms with E-state index in [9.17, 15) is 4.79 Å². The van der Waals surface area contributed by atoms with Gasteiger partial charge in [-0.15, -0.1) is 0 Å². The average molecular weight is 309 g/mol. The molecule has 2 heterocycles. The standard InChI is InChI=1S/C16H27N3O3/c1-4-18(5-2)16(20)7-6-14-13-12-22-10-8-15(13)19(17-14)9-11-21-3/h4-12H2,1-3H3. The molecule has 22 heavy (non-hydrogen) atoms. The molecule has 0 radical (unpaired) electrons. The minimum atomic E-state index is 0.196. The predicted octanol–water partition coefficient (Wildman–Crippen LogP) is 1.40. The highest BCUT2D eigenvalue weighted by atomic mass is 16.5. The van der Waals surface area contributed by atoms with E-state index in [2.05, 4.69) is 0 Å². The summed E-state index contributed by atoms with van der Waals surface area (Å²) in [4.78, 5) is 14.0. The molecule has 0 aliphatic carbocycles. The first-order valence-electron chi connectivity index (χ1n) is 8.13. The second-order valence-electron chi connectivity index (χ2n) is 5.46. The molecule has 1 aromatic rings. The molecule has 1 aliphatic rings. The van der Waals surface area contributed by atoms with Gasteiger partial charge in [-0.3, -0.25) is 9.48 Å². The van der Waals surface area contributed by atoms with Crippen LogP contribution in [0.1, 0.15) is 37.2 Å². The summed E-state index contributed by atoms with van der Waals surface area (Å²) in [6.45, 7) is 8.29. The van der Waals surface area contributed by atoms with Crippen LogP contribution in [0.15, 0.2) is 0 Å². The molecule has 0 aromatic carbocycles. The first-order valence-corrected chi connectivity index (χ1v) is 8.13. The largest absolute Gasteiger partial charge is 0.383 e. The van der Waals surface area contributed by atoms with Crippen molar-refractivity contribution in [2.45, 2.75) is 46.3 Å². The molecule has 0 bridgehead atoms. The molecule has 0 saturated heterocycles. The number of aryl methyl sites for hydroxylation is 1. The topological polar surface area (TPSA) is 56.6 Å². The second kappa shape index (κ2) is 8.29. The molecule has 6 heteroatoms. The minimum absolute atomic E-state index is 0.196. The fourth-order valence-corrected chi connectivity index (χ4v) is 2.90. The van der Waals surface area contributed by atoms with Crippen molar-refractivity contribution in [2.24, 2.45) is 0 Å². The van der Waals surface area contributed by atoms with Gasteiger partial charge in [-0.05, 0) is 13.8 Å². The zero-order chi connectivity index (χ0) is 15.9. The molecule has 0 unspecified atom stereocenters. The van der Waals surface area contributed by atoms with Crippen molar-refractivity contribution in [1.82, 2.24) is 14.7 Å². The normalized spacial score (nSPS) is 14.0. The molecule has 0 saturated carbocycles. The monoisotopic (exact) mass is 309 g/mol. The number of aromatic nitrogens is 2. The smallest absolute Gasteiger partial charge is 0.222 e. The maximum absolute atomic E-state index is 12.2. The highest BCUT2D eigenvalue weighted by molar-refractivity contribution is 5.76. The first kappa shape index (κ1) is 17.0. The van der Waals surface area contributed by atoms with E-state index < -0.39 is 0 Å². The molecule has 0 fully saturated rings. The third-order valence-electron chi connectivity index (χ3n) is 4.18. The number of nitrogens with zero attached hydrogens (tertiary/aromatic N) is 3. The van der Waals surface area contributed by atoms with Crippen molar-refractivity contribution in [3.63, 3.8) is 0 Å². The van der Waals surface area contributed by atoms with E-state index >= 15 is 0 Å². The molecule has 6 nitrogen and oxygen atoms in total. The quantitative estimate of drug-likeness (QED) is 0.728. The van der Waals surface area contributed by atoms with Crippen LogP contribution in [-0.4, -0.2) is 54.0 Å². The zero-order valence-electron chi connectivity index (χ0n) is 13.9. The van der Waals surface area contributed by atoms with Gasteiger partial charge in [-0.2, -0.15) is 5.10 Å². The SMILES string of the molecule is CCN(CC)C(=O)CCc1nn(CCOC)c2c1COCC2. The summed E-state index contributed by atoms with van der Waals surface area (Å²) in [5, 5.41) is 4.70. The Kier molecular flexibility index (Phi) is 6.39. The molecule has 2 rings (SSSR count). The van der Waals surface area contributed by atoms with Gasteiger partial charge in [-0.1, -0.05) is 0 Å². The number of ether oxygens (including phenoxy) is 2. The van der Waals surface area contributed by atoms with E-state index in [0.717, 1.165) is 38.4 Å². The lowest BCUT2D eigenvalue weighted by molar-refractivity contribution is -0.130. The number of amides is 1. The number of hydrogen-bond donors (Lipinski definition) is 0. The minimum Gasteiger partial charge on any atom is -0.383 e. The van der Waals surface area contributed by atoms with Gasteiger partial charge in [0.1, 0.15) is 0 Å². The summed E-state index contributed by atoms with van der Waals surface area (Å²) in [7, 11) is 1.70. The van der Waals surface area contributed by atoms with Crippen LogP contribution in [0.5, 0.6) is 0 Å². The highest BCUT2D eigenvalue weighted by Crippen LogP contribution is 2.22. The molecular weight excluding hydrogens is 282 g/mol. The van der Waals surface area contributed by atoms with Gasteiger partial charge >= 0.3 is 0 Å². The summed E-state index contributed by atoms with van der Waals surface area (Å²) in [6.07, 6.45) is 2.08. The van der Waals surface area contributed by atoms with Crippen LogP contribution in [0.3, 0.4) is 0 Å². The average Bonchev–Trinajstić information content (AvgIpc) is 2.90. The van der Waals surface area contributed by atoms with E-state index in [4.69, 9.17) is 14.6 Å². The van der Waals surface area contributed by atoms with Crippen molar-refractivity contribution < 1.29 is 14.3 Å². The molecule has 0 N–H and O–H groups in total. The molecule has 0 spiro atoms. The van der Waals surface area contributed by atoms with Crippen LogP contribution >= 0.6 is 0 Å². The van der Waals surface area contributed by atoms with E-state index in [0.29, 0.717) is 26.1 Å². The molecule has 1 aliphatic heterocycles. The number of carbonyl (C=O) groups is 1. The lowest BCUT2D eigenvalue weighted by atomic mass is 10.1. The number of rotatable bonds is 8. The van der Waals surface area contributed by atoms with Gasteiger partial charge in [0.25, 0.3) is 0 Å². The third-order valence-corrected chi connectivity index (χ3v) is 4.18. The van der Waals surface area contributed by atoms with Crippen LogP contribution in [0, 0.1) is 0 Å². The van der Waals surface area contributed by atoms with Crippen LogP contribution < -0.4 is 0 Å². The van der Waals surface area contributed by atoms with Gasteiger partial charge in [-0.25, -0.2) is 0 Å². The Morgan fingerprint density at radius 3 is 2.86 bits per heavy atom. The first-order chi connectivity index (χ1) is 10.7. The van der Waals surface area contributed by atoms with Crippen LogP contribution in [-0.2, 0) is 40.3 Å². The van der Waals surface area contributed by atoms with Gasteiger partial charge in [0.05, 0.1) is 32.1 Å². The number of fused-ring (bicyclic) bond motifs is 1. The number of carbonyl (C=O) groups excluding carboxylic acids is 1. The molecule has 124 valence electrons. The maximum atomic E-state index is 12.2. The van der Waals surface area contributed by atoms with E-state index in [1.807, 2.05) is 23.4 Å². The van der Waals surface area contributed by atoms with Crippen molar-refractivity contribution in [3.8, 4) is 0 Å². The van der Waals surface area contributed by atoms with Gasteiger partial charge < -0.3 is 14.4 Å². The van der Waals surface area contributed by atoms with Crippen molar-refractivity contribution in [1.29, 1.82) is 0 Å². The van der Waals surface area contributed by atoms with Crippen LogP contribution in [0.2, 0.25) is 0 Å². The Balaban J connectivity index is 2.07. The Morgan fingerprint density at radius 1 is 1.41 bits per heavy atom. The summed E-state index contributed by atoms with van der Waals surface area (Å²) < 4.78 is 12.7. The van der Waals surface area contributed by atoms with E-state index in [1.54, 1.807) is 7.11 Å². The number of methoxy groups -OCH3 is 1.